The lowest BCUT2D eigenvalue weighted by Crippen LogP contribution is -2.49. The molecule has 1 unspecified atom stereocenters. The van der Waals surface area contributed by atoms with Crippen LogP contribution >= 0.6 is 0 Å². The number of rotatable bonds is 5. The van der Waals surface area contributed by atoms with E-state index in [1.165, 1.54) is 30.7 Å². The Hall–Kier alpha value is -1.80. The highest BCUT2D eigenvalue weighted by Crippen LogP contribution is 2.33. The normalized spacial score (nSPS) is 21.6. The summed E-state index contributed by atoms with van der Waals surface area (Å²) in [5.74, 6) is 0.756. The van der Waals surface area contributed by atoms with Crippen LogP contribution in [0.2, 0.25) is 0 Å². The summed E-state index contributed by atoms with van der Waals surface area (Å²) in [7, 11) is -0.814. The van der Waals surface area contributed by atoms with Crippen LogP contribution in [0.4, 0.5) is 0 Å². The molecule has 0 saturated carbocycles. The van der Waals surface area contributed by atoms with Crippen molar-refractivity contribution in [3.05, 3.63) is 18.2 Å². The summed E-state index contributed by atoms with van der Waals surface area (Å²) in [5, 5.41) is 0. The van der Waals surface area contributed by atoms with E-state index in [1.807, 2.05) is 4.90 Å². The van der Waals surface area contributed by atoms with E-state index >= 15 is 0 Å². The Morgan fingerprint density at radius 3 is 2.35 bits per heavy atom. The molecule has 3 rings (SSSR count). The van der Waals surface area contributed by atoms with Crippen LogP contribution in [0.25, 0.3) is 0 Å². The van der Waals surface area contributed by atoms with Crippen molar-refractivity contribution in [3.8, 4) is 11.5 Å². The molecule has 26 heavy (non-hydrogen) atoms. The third-order valence-electron chi connectivity index (χ3n) is 5.12. The monoisotopic (exact) mass is 382 g/mol. The predicted molar refractivity (Wildman–Crippen MR) is 96.9 cm³/mol. The molecule has 8 heteroatoms. The van der Waals surface area contributed by atoms with Gasteiger partial charge in [-0.2, -0.15) is 4.31 Å². The topological polar surface area (TPSA) is 76.2 Å². The van der Waals surface area contributed by atoms with Crippen molar-refractivity contribution in [3.63, 3.8) is 0 Å². The molecule has 1 aromatic rings. The second kappa shape index (κ2) is 7.84. The molecule has 1 aromatic carbocycles. The molecule has 0 N–H and O–H groups in total. The van der Waals surface area contributed by atoms with Gasteiger partial charge in [-0.25, -0.2) is 8.42 Å². The highest BCUT2D eigenvalue weighted by molar-refractivity contribution is 7.89. The lowest BCUT2D eigenvalue weighted by molar-refractivity contribution is -0.135. The zero-order valence-corrected chi connectivity index (χ0v) is 16.1. The summed E-state index contributed by atoms with van der Waals surface area (Å²) in [4.78, 5) is 14.8. The first-order valence-corrected chi connectivity index (χ1v) is 10.5. The van der Waals surface area contributed by atoms with Gasteiger partial charge in [-0.15, -0.1) is 0 Å². The number of methoxy groups -OCH3 is 2. The maximum atomic E-state index is 13.2. The molecule has 2 aliphatic rings. The van der Waals surface area contributed by atoms with Crippen molar-refractivity contribution in [2.24, 2.45) is 0 Å². The third-order valence-corrected chi connectivity index (χ3v) is 7.02. The minimum Gasteiger partial charge on any atom is -0.493 e. The van der Waals surface area contributed by atoms with Gasteiger partial charge in [0, 0.05) is 25.7 Å². The molecule has 0 aromatic heterocycles. The highest BCUT2D eigenvalue weighted by atomic mass is 32.2. The number of hydrogen-bond acceptors (Lipinski definition) is 5. The molecule has 1 amide bonds. The molecule has 2 saturated heterocycles. The number of nitrogens with zero attached hydrogens (tertiary/aromatic N) is 2. The van der Waals surface area contributed by atoms with Gasteiger partial charge in [0.05, 0.1) is 19.1 Å². The van der Waals surface area contributed by atoms with E-state index in [9.17, 15) is 13.2 Å². The van der Waals surface area contributed by atoms with Crippen LogP contribution in [-0.4, -0.2) is 63.4 Å². The summed E-state index contributed by atoms with van der Waals surface area (Å²) in [6.07, 6.45) is 4.36. The van der Waals surface area contributed by atoms with Crippen LogP contribution in [0.1, 0.15) is 32.1 Å². The van der Waals surface area contributed by atoms with Gasteiger partial charge in [0.2, 0.25) is 15.9 Å². The predicted octanol–water partition coefficient (Wildman–Crippen LogP) is 1.87. The lowest BCUT2D eigenvalue weighted by atomic mass is 10.1. The molecule has 2 aliphatic heterocycles. The molecular weight excluding hydrogens is 356 g/mol. The zero-order chi connectivity index (χ0) is 18.7. The van der Waals surface area contributed by atoms with Gasteiger partial charge in [-0.3, -0.25) is 4.79 Å². The summed E-state index contributed by atoms with van der Waals surface area (Å²) in [6, 6.07) is 3.92. The molecular formula is C18H26N2O5S. The van der Waals surface area contributed by atoms with Gasteiger partial charge in [-0.1, -0.05) is 0 Å². The number of piperidine rings is 1. The first-order valence-electron chi connectivity index (χ1n) is 9.01. The van der Waals surface area contributed by atoms with Crippen molar-refractivity contribution in [1.29, 1.82) is 0 Å². The maximum absolute atomic E-state index is 13.2. The molecule has 7 nitrogen and oxygen atoms in total. The Morgan fingerprint density at radius 1 is 1.00 bits per heavy atom. The van der Waals surface area contributed by atoms with Crippen LogP contribution in [-0.2, 0) is 14.8 Å². The summed E-state index contributed by atoms with van der Waals surface area (Å²) >= 11 is 0. The van der Waals surface area contributed by atoms with Crippen LogP contribution in [0.3, 0.4) is 0 Å². The molecule has 2 fully saturated rings. The van der Waals surface area contributed by atoms with E-state index < -0.39 is 16.1 Å². The Kier molecular flexibility index (Phi) is 5.72. The first-order chi connectivity index (χ1) is 12.5. The Morgan fingerprint density at radius 2 is 1.69 bits per heavy atom. The third kappa shape index (κ3) is 3.53. The Bertz CT molecular complexity index is 759. The quantitative estimate of drug-likeness (QED) is 0.777. The second-order valence-electron chi connectivity index (χ2n) is 6.68. The van der Waals surface area contributed by atoms with Crippen molar-refractivity contribution in [2.75, 3.05) is 33.9 Å². The van der Waals surface area contributed by atoms with Crippen LogP contribution in [0.5, 0.6) is 11.5 Å². The fourth-order valence-electron chi connectivity index (χ4n) is 3.71. The largest absolute Gasteiger partial charge is 0.493 e. The minimum absolute atomic E-state index is 0.0637. The Balaban J connectivity index is 1.86. The molecule has 0 spiro atoms. The average molecular weight is 382 g/mol. The number of ether oxygens (including phenoxy) is 2. The van der Waals surface area contributed by atoms with Gasteiger partial charge in [0.1, 0.15) is 6.04 Å². The molecule has 2 heterocycles. The van der Waals surface area contributed by atoms with E-state index in [0.29, 0.717) is 30.9 Å². The summed E-state index contributed by atoms with van der Waals surface area (Å²) < 4.78 is 38.1. The minimum atomic E-state index is -3.78. The van der Waals surface area contributed by atoms with Gasteiger partial charge in [0.25, 0.3) is 0 Å². The number of benzene rings is 1. The van der Waals surface area contributed by atoms with Gasteiger partial charge < -0.3 is 14.4 Å². The highest BCUT2D eigenvalue weighted by Gasteiger charge is 2.41. The smallest absolute Gasteiger partial charge is 0.243 e. The number of sulfonamides is 1. The van der Waals surface area contributed by atoms with Crippen LogP contribution in [0, 0.1) is 0 Å². The van der Waals surface area contributed by atoms with E-state index in [4.69, 9.17) is 9.47 Å². The Labute approximate surface area is 154 Å². The standard InChI is InChI=1S/C18H26N2O5S/c1-24-16-9-8-14(13-17(16)25-2)26(22,23)20-12-6-7-15(20)18(21)19-10-4-3-5-11-19/h8-9,13,15H,3-7,10-12H2,1-2H3. The van der Waals surface area contributed by atoms with Crippen molar-refractivity contribution < 1.29 is 22.7 Å². The van der Waals surface area contributed by atoms with Crippen molar-refractivity contribution in [2.45, 2.75) is 43.0 Å². The van der Waals surface area contributed by atoms with Gasteiger partial charge in [0.15, 0.2) is 11.5 Å². The van der Waals surface area contributed by atoms with Crippen molar-refractivity contribution >= 4 is 15.9 Å². The van der Waals surface area contributed by atoms with E-state index in [1.54, 1.807) is 6.07 Å². The van der Waals surface area contributed by atoms with Gasteiger partial charge >= 0.3 is 0 Å². The fraction of sp³-hybridized carbons (Fsp3) is 0.611. The number of hydrogen-bond donors (Lipinski definition) is 0. The first kappa shape index (κ1) is 19.0. The lowest BCUT2D eigenvalue weighted by Gasteiger charge is -2.32. The van der Waals surface area contributed by atoms with Crippen LogP contribution in [0.15, 0.2) is 23.1 Å². The van der Waals surface area contributed by atoms with E-state index in [0.717, 1.165) is 32.4 Å². The van der Waals surface area contributed by atoms with Crippen LogP contribution < -0.4 is 9.47 Å². The SMILES string of the molecule is COc1ccc(S(=O)(=O)N2CCCC2C(=O)N2CCCCC2)cc1OC. The average Bonchev–Trinajstić information content (AvgIpc) is 3.18. The van der Waals surface area contributed by atoms with E-state index in [-0.39, 0.29) is 10.8 Å². The number of carbonyl (C=O) groups is 1. The molecule has 0 bridgehead atoms. The number of amides is 1. The zero-order valence-electron chi connectivity index (χ0n) is 15.3. The van der Waals surface area contributed by atoms with E-state index in [2.05, 4.69) is 0 Å². The van der Waals surface area contributed by atoms with Gasteiger partial charge in [-0.05, 0) is 44.2 Å². The molecule has 1 atom stereocenters. The summed E-state index contributed by atoms with van der Waals surface area (Å²) in [5.41, 5.74) is 0. The molecule has 0 radical (unpaired) electrons. The second-order valence-corrected chi connectivity index (χ2v) is 8.57. The number of carbonyl (C=O) groups excluding carboxylic acids is 1. The summed E-state index contributed by atoms with van der Waals surface area (Å²) in [6.45, 7) is 1.81. The molecule has 144 valence electrons. The fourth-order valence-corrected chi connectivity index (χ4v) is 5.38. The van der Waals surface area contributed by atoms with Crippen molar-refractivity contribution in [1.82, 2.24) is 9.21 Å². The molecule has 0 aliphatic carbocycles. The maximum Gasteiger partial charge on any atom is 0.243 e. The number of likely N-dealkylation sites (tertiary alicyclic amines) is 1.